The molecule has 7 heteroatoms. The number of aliphatic hydroxyl groups excluding tert-OH is 1. The Morgan fingerprint density at radius 3 is 2.47 bits per heavy atom. The first-order valence-corrected chi connectivity index (χ1v) is 7.79. The lowest BCUT2D eigenvalue weighted by Gasteiger charge is -2.28. The molecule has 0 spiro atoms. The Morgan fingerprint density at radius 2 is 1.95 bits per heavy atom. The summed E-state index contributed by atoms with van der Waals surface area (Å²) in [6.07, 6.45) is 4.90. The Morgan fingerprint density at radius 1 is 1.32 bits per heavy atom. The monoisotopic (exact) mass is 290 g/mol. The lowest BCUT2D eigenvalue weighted by atomic mass is 9.95. The third kappa shape index (κ3) is 6.15. The second-order valence-corrected chi connectivity index (χ2v) is 5.89. The SMILES string of the molecule is CSC1CCC(NC(=O)NCC[C@H](O)C(=O)O)CC1. The summed E-state index contributed by atoms with van der Waals surface area (Å²) in [5.74, 6) is -1.27. The standard InChI is InChI=1S/C12H22N2O4S/c1-19-9-4-2-8(3-5-9)14-12(18)13-7-6-10(15)11(16)17/h8-10,15H,2-7H2,1H3,(H,16,17)(H2,13,14,18)/t8?,9?,10-/m0/s1. The third-order valence-corrected chi connectivity index (χ3v) is 4.47. The van der Waals surface area contributed by atoms with Crippen LogP contribution in [-0.4, -0.2) is 52.4 Å². The normalized spacial score (nSPS) is 24.5. The molecule has 19 heavy (non-hydrogen) atoms. The summed E-state index contributed by atoms with van der Waals surface area (Å²) in [5, 5.41) is 23.7. The molecule has 1 saturated carbocycles. The maximum atomic E-state index is 11.6. The average molecular weight is 290 g/mol. The highest BCUT2D eigenvalue weighted by molar-refractivity contribution is 7.99. The molecule has 1 atom stereocenters. The molecule has 1 fully saturated rings. The molecule has 0 heterocycles. The molecule has 0 aromatic rings. The van der Waals surface area contributed by atoms with Crippen molar-refractivity contribution in [1.82, 2.24) is 10.6 Å². The first kappa shape index (κ1) is 16.1. The molecule has 6 nitrogen and oxygen atoms in total. The molecular weight excluding hydrogens is 268 g/mol. The molecule has 0 unspecified atom stereocenters. The molecule has 4 N–H and O–H groups in total. The van der Waals surface area contributed by atoms with E-state index in [1.807, 2.05) is 11.8 Å². The van der Waals surface area contributed by atoms with E-state index in [4.69, 9.17) is 10.2 Å². The summed E-state index contributed by atoms with van der Waals surface area (Å²) in [4.78, 5) is 21.9. The van der Waals surface area contributed by atoms with Crippen LogP contribution in [0.2, 0.25) is 0 Å². The maximum absolute atomic E-state index is 11.6. The van der Waals surface area contributed by atoms with Crippen LogP contribution < -0.4 is 10.6 Å². The minimum atomic E-state index is -1.42. The van der Waals surface area contributed by atoms with Gasteiger partial charge in [0.1, 0.15) is 0 Å². The van der Waals surface area contributed by atoms with E-state index >= 15 is 0 Å². The first-order chi connectivity index (χ1) is 9.02. The second kappa shape index (κ2) is 8.27. The number of carbonyl (C=O) groups is 2. The molecule has 1 aliphatic carbocycles. The zero-order valence-electron chi connectivity index (χ0n) is 11.1. The van der Waals surface area contributed by atoms with Crippen LogP contribution in [0.3, 0.4) is 0 Å². The van der Waals surface area contributed by atoms with E-state index in [0.29, 0.717) is 5.25 Å². The fourth-order valence-corrected chi connectivity index (χ4v) is 2.87. The molecule has 0 aliphatic heterocycles. The Hall–Kier alpha value is -0.950. The Balaban J connectivity index is 2.13. The number of carbonyl (C=O) groups excluding carboxylic acids is 1. The molecule has 2 amide bonds. The van der Waals surface area contributed by atoms with Gasteiger partial charge < -0.3 is 20.8 Å². The van der Waals surface area contributed by atoms with Gasteiger partial charge in [-0.2, -0.15) is 11.8 Å². The summed E-state index contributed by atoms with van der Waals surface area (Å²) in [5.41, 5.74) is 0. The molecular formula is C12H22N2O4S. The number of amides is 2. The van der Waals surface area contributed by atoms with Gasteiger partial charge in [-0.25, -0.2) is 9.59 Å². The predicted molar refractivity (Wildman–Crippen MR) is 74.4 cm³/mol. The van der Waals surface area contributed by atoms with Gasteiger partial charge in [-0.3, -0.25) is 0 Å². The molecule has 0 aromatic heterocycles. The summed E-state index contributed by atoms with van der Waals surface area (Å²) >= 11 is 1.87. The van der Waals surface area contributed by atoms with Crippen molar-refractivity contribution >= 4 is 23.8 Å². The molecule has 0 radical (unpaired) electrons. The lowest BCUT2D eigenvalue weighted by molar-refractivity contribution is -0.146. The van der Waals surface area contributed by atoms with E-state index in [0.717, 1.165) is 25.7 Å². The first-order valence-electron chi connectivity index (χ1n) is 6.51. The van der Waals surface area contributed by atoms with Crippen molar-refractivity contribution in [3.05, 3.63) is 0 Å². The van der Waals surface area contributed by atoms with Gasteiger partial charge in [0, 0.05) is 24.3 Å². The molecule has 0 saturated heterocycles. The van der Waals surface area contributed by atoms with Crippen molar-refractivity contribution in [2.45, 2.75) is 49.5 Å². The van der Waals surface area contributed by atoms with Crippen LogP contribution in [0.4, 0.5) is 4.79 Å². The van der Waals surface area contributed by atoms with Gasteiger partial charge in [0.25, 0.3) is 0 Å². The minimum Gasteiger partial charge on any atom is -0.479 e. The van der Waals surface area contributed by atoms with Gasteiger partial charge >= 0.3 is 12.0 Å². The van der Waals surface area contributed by atoms with Crippen molar-refractivity contribution in [2.24, 2.45) is 0 Å². The van der Waals surface area contributed by atoms with Crippen LogP contribution in [0, 0.1) is 0 Å². The summed E-state index contributed by atoms with van der Waals surface area (Å²) < 4.78 is 0. The Bertz CT molecular complexity index is 306. The molecule has 1 aliphatic rings. The van der Waals surface area contributed by atoms with Crippen molar-refractivity contribution in [2.75, 3.05) is 12.8 Å². The number of thioether (sulfide) groups is 1. The van der Waals surface area contributed by atoms with Crippen molar-refractivity contribution in [3.63, 3.8) is 0 Å². The number of hydrogen-bond donors (Lipinski definition) is 4. The molecule has 0 bridgehead atoms. The van der Waals surface area contributed by atoms with Crippen LogP contribution in [-0.2, 0) is 4.79 Å². The number of rotatable bonds is 6. The zero-order chi connectivity index (χ0) is 14.3. The van der Waals surface area contributed by atoms with Crippen LogP contribution in [0.25, 0.3) is 0 Å². The largest absolute Gasteiger partial charge is 0.479 e. The number of carboxylic acid groups (broad SMARTS) is 1. The van der Waals surface area contributed by atoms with Crippen LogP contribution >= 0.6 is 11.8 Å². The fraction of sp³-hybridized carbons (Fsp3) is 0.833. The average Bonchev–Trinajstić information content (AvgIpc) is 2.39. The second-order valence-electron chi connectivity index (χ2n) is 4.75. The van der Waals surface area contributed by atoms with Crippen LogP contribution in [0.1, 0.15) is 32.1 Å². The van der Waals surface area contributed by atoms with Crippen molar-refractivity contribution in [3.8, 4) is 0 Å². The Kier molecular flexibility index (Phi) is 7.01. The fourth-order valence-electron chi connectivity index (χ4n) is 2.13. The highest BCUT2D eigenvalue weighted by Crippen LogP contribution is 2.26. The number of hydrogen-bond acceptors (Lipinski definition) is 4. The molecule has 1 rings (SSSR count). The van der Waals surface area contributed by atoms with E-state index in [9.17, 15) is 9.59 Å². The van der Waals surface area contributed by atoms with Crippen molar-refractivity contribution in [1.29, 1.82) is 0 Å². The van der Waals surface area contributed by atoms with E-state index in [-0.39, 0.29) is 25.0 Å². The van der Waals surface area contributed by atoms with Gasteiger partial charge in [0.05, 0.1) is 0 Å². The van der Waals surface area contributed by atoms with E-state index in [1.54, 1.807) is 0 Å². The zero-order valence-corrected chi connectivity index (χ0v) is 11.9. The number of aliphatic hydroxyl groups is 1. The van der Waals surface area contributed by atoms with E-state index in [2.05, 4.69) is 16.9 Å². The van der Waals surface area contributed by atoms with Gasteiger partial charge in [-0.15, -0.1) is 0 Å². The topological polar surface area (TPSA) is 98.7 Å². The minimum absolute atomic E-state index is 0.0158. The number of carboxylic acids is 1. The van der Waals surface area contributed by atoms with E-state index in [1.165, 1.54) is 0 Å². The van der Waals surface area contributed by atoms with Gasteiger partial charge in [-0.05, 0) is 31.9 Å². The van der Waals surface area contributed by atoms with E-state index < -0.39 is 12.1 Å². The van der Waals surface area contributed by atoms with Gasteiger partial charge in [0.15, 0.2) is 6.10 Å². The summed E-state index contributed by atoms with van der Waals surface area (Å²) in [6, 6.07) is -0.0852. The third-order valence-electron chi connectivity index (χ3n) is 3.33. The quantitative estimate of drug-likeness (QED) is 0.580. The highest BCUT2D eigenvalue weighted by Gasteiger charge is 2.21. The van der Waals surface area contributed by atoms with Gasteiger partial charge in [0.2, 0.25) is 0 Å². The van der Waals surface area contributed by atoms with Gasteiger partial charge in [-0.1, -0.05) is 0 Å². The summed E-state index contributed by atoms with van der Waals surface area (Å²) in [6.45, 7) is 0.152. The number of urea groups is 1. The van der Waals surface area contributed by atoms with Crippen LogP contribution in [0.5, 0.6) is 0 Å². The predicted octanol–water partition coefficient (Wildman–Crippen LogP) is 0.795. The molecule has 110 valence electrons. The lowest BCUT2D eigenvalue weighted by Crippen LogP contribution is -2.44. The highest BCUT2D eigenvalue weighted by atomic mass is 32.2. The van der Waals surface area contributed by atoms with Crippen LogP contribution in [0.15, 0.2) is 0 Å². The number of nitrogens with one attached hydrogen (secondary N) is 2. The number of aliphatic carboxylic acids is 1. The summed E-state index contributed by atoms with van der Waals surface area (Å²) in [7, 11) is 0. The Labute approximate surface area is 117 Å². The smallest absolute Gasteiger partial charge is 0.332 e. The maximum Gasteiger partial charge on any atom is 0.332 e. The van der Waals surface area contributed by atoms with Crippen molar-refractivity contribution < 1.29 is 19.8 Å². The molecule has 0 aromatic carbocycles.